The Morgan fingerprint density at radius 2 is 2.04 bits per heavy atom. The molecule has 1 amide bonds. The lowest BCUT2D eigenvalue weighted by atomic mass is 10.1. The molecule has 0 spiro atoms. The molecule has 122 valence electrons. The zero-order valence-electron chi connectivity index (χ0n) is 13.6. The largest absolute Gasteiger partial charge is 0.497 e. The fourth-order valence-corrected chi connectivity index (χ4v) is 3.26. The van der Waals surface area contributed by atoms with Crippen molar-refractivity contribution in [2.75, 3.05) is 7.11 Å². The number of methoxy groups -OCH3 is 1. The summed E-state index contributed by atoms with van der Waals surface area (Å²) in [6, 6.07) is 15.1. The maximum Gasteiger partial charge on any atom is 0.251 e. The summed E-state index contributed by atoms with van der Waals surface area (Å²) in [5.74, 6) is 0.542. The Balaban J connectivity index is 1.76. The van der Waals surface area contributed by atoms with Gasteiger partial charge in [0.2, 0.25) is 0 Å². The molecule has 0 aliphatic heterocycles. The van der Waals surface area contributed by atoms with Crippen LogP contribution in [0.25, 0.3) is 10.6 Å². The summed E-state index contributed by atoms with van der Waals surface area (Å²) in [6.07, 6.45) is 0. The van der Waals surface area contributed by atoms with Gasteiger partial charge in [-0.25, -0.2) is 4.98 Å². The van der Waals surface area contributed by atoms with Crippen LogP contribution in [0, 0.1) is 6.92 Å². The second kappa shape index (κ2) is 7.27. The first-order valence-corrected chi connectivity index (χ1v) is 8.48. The Kier molecular flexibility index (Phi) is 4.91. The number of rotatable bonds is 5. The van der Waals surface area contributed by atoms with E-state index in [-0.39, 0.29) is 5.91 Å². The van der Waals surface area contributed by atoms with Crippen LogP contribution in [-0.4, -0.2) is 18.0 Å². The molecule has 4 nitrogen and oxygen atoms in total. The molecule has 5 heteroatoms. The third-order valence-electron chi connectivity index (χ3n) is 3.64. The van der Waals surface area contributed by atoms with Crippen LogP contribution >= 0.6 is 11.3 Å². The summed E-state index contributed by atoms with van der Waals surface area (Å²) in [5.41, 5.74) is 3.69. The average Bonchev–Trinajstić information content (AvgIpc) is 3.06. The molecule has 3 aromatic rings. The third-order valence-corrected chi connectivity index (χ3v) is 4.63. The van der Waals surface area contributed by atoms with Crippen molar-refractivity contribution in [3.63, 3.8) is 0 Å². The van der Waals surface area contributed by atoms with Gasteiger partial charge >= 0.3 is 0 Å². The van der Waals surface area contributed by atoms with Gasteiger partial charge in [-0.05, 0) is 30.7 Å². The van der Waals surface area contributed by atoms with Crippen LogP contribution < -0.4 is 10.1 Å². The highest BCUT2D eigenvalue weighted by molar-refractivity contribution is 7.13. The number of thiazole rings is 1. The maximum atomic E-state index is 12.4. The first-order chi connectivity index (χ1) is 11.7. The molecule has 0 fully saturated rings. The number of hydrogen-bond donors (Lipinski definition) is 1. The Bertz CT molecular complexity index is 858. The van der Waals surface area contributed by atoms with Gasteiger partial charge in [-0.3, -0.25) is 4.79 Å². The monoisotopic (exact) mass is 338 g/mol. The molecule has 1 N–H and O–H groups in total. The van der Waals surface area contributed by atoms with E-state index in [4.69, 9.17) is 4.74 Å². The van der Waals surface area contributed by atoms with E-state index >= 15 is 0 Å². The van der Waals surface area contributed by atoms with Crippen molar-refractivity contribution in [2.24, 2.45) is 0 Å². The highest BCUT2D eigenvalue weighted by atomic mass is 32.1. The van der Waals surface area contributed by atoms with Crippen LogP contribution in [0.15, 0.2) is 53.9 Å². The van der Waals surface area contributed by atoms with Crippen molar-refractivity contribution in [1.29, 1.82) is 0 Å². The molecule has 3 rings (SSSR count). The van der Waals surface area contributed by atoms with Gasteiger partial charge in [0.25, 0.3) is 5.91 Å². The number of carbonyl (C=O) groups is 1. The standard InChI is InChI=1S/C19H18N2O2S/c1-13-12-24-19(21-13)17-9-4-3-6-15(17)11-20-18(22)14-7-5-8-16(10-14)23-2/h3-10,12H,11H2,1-2H3,(H,20,22). The molecule has 0 unspecified atom stereocenters. The van der Waals surface area contributed by atoms with Crippen LogP contribution in [0.2, 0.25) is 0 Å². The summed E-state index contributed by atoms with van der Waals surface area (Å²) in [5, 5.41) is 5.97. The van der Waals surface area contributed by atoms with Gasteiger partial charge in [0.15, 0.2) is 0 Å². The fourth-order valence-electron chi connectivity index (χ4n) is 2.40. The maximum absolute atomic E-state index is 12.4. The summed E-state index contributed by atoms with van der Waals surface area (Å²) in [4.78, 5) is 16.9. The lowest BCUT2D eigenvalue weighted by Crippen LogP contribution is -2.23. The number of ether oxygens (including phenoxy) is 1. The van der Waals surface area contributed by atoms with Crippen molar-refractivity contribution in [3.05, 3.63) is 70.7 Å². The third kappa shape index (κ3) is 3.63. The summed E-state index contributed by atoms with van der Waals surface area (Å²) >= 11 is 1.61. The van der Waals surface area contributed by atoms with Gasteiger partial charge in [0.05, 0.1) is 7.11 Å². The first-order valence-electron chi connectivity index (χ1n) is 7.60. The van der Waals surface area contributed by atoms with Gasteiger partial charge in [0.1, 0.15) is 10.8 Å². The number of nitrogens with zero attached hydrogens (tertiary/aromatic N) is 1. The van der Waals surface area contributed by atoms with Crippen molar-refractivity contribution in [1.82, 2.24) is 10.3 Å². The first kappa shape index (κ1) is 16.2. The molecule has 0 radical (unpaired) electrons. The van der Waals surface area contributed by atoms with Crippen LogP contribution in [0.1, 0.15) is 21.6 Å². The van der Waals surface area contributed by atoms with Crippen LogP contribution in [0.5, 0.6) is 5.75 Å². The molecule has 24 heavy (non-hydrogen) atoms. The Hall–Kier alpha value is -2.66. The minimum atomic E-state index is -0.126. The average molecular weight is 338 g/mol. The quantitative estimate of drug-likeness (QED) is 0.763. The van der Waals surface area contributed by atoms with E-state index in [0.29, 0.717) is 17.9 Å². The molecule has 1 aromatic heterocycles. The molecule has 0 atom stereocenters. The lowest BCUT2D eigenvalue weighted by Gasteiger charge is -2.10. The number of nitrogens with one attached hydrogen (secondary N) is 1. The van der Waals surface area contributed by atoms with Crippen LogP contribution in [0.3, 0.4) is 0 Å². The molecule has 0 aliphatic rings. The highest BCUT2D eigenvalue weighted by Crippen LogP contribution is 2.27. The number of aromatic nitrogens is 1. The lowest BCUT2D eigenvalue weighted by molar-refractivity contribution is 0.0950. The molecule has 0 bridgehead atoms. The predicted molar refractivity (Wildman–Crippen MR) is 96.5 cm³/mol. The van der Waals surface area contributed by atoms with Gasteiger partial charge in [-0.2, -0.15) is 0 Å². The topological polar surface area (TPSA) is 51.2 Å². The molecular formula is C19H18N2O2S. The smallest absolute Gasteiger partial charge is 0.251 e. The van der Waals surface area contributed by atoms with E-state index in [9.17, 15) is 4.79 Å². The Labute approximate surface area is 145 Å². The second-order valence-electron chi connectivity index (χ2n) is 5.37. The molecular weight excluding hydrogens is 320 g/mol. The summed E-state index contributed by atoms with van der Waals surface area (Å²) in [6.45, 7) is 2.43. The Morgan fingerprint density at radius 1 is 1.21 bits per heavy atom. The number of amides is 1. The fraction of sp³-hybridized carbons (Fsp3) is 0.158. The zero-order chi connectivity index (χ0) is 16.9. The van der Waals surface area contributed by atoms with Gasteiger partial charge in [-0.15, -0.1) is 11.3 Å². The normalized spacial score (nSPS) is 10.4. The molecule has 0 saturated carbocycles. The second-order valence-corrected chi connectivity index (χ2v) is 6.22. The van der Waals surface area contributed by atoms with Crippen molar-refractivity contribution in [2.45, 2.75) is 13.5 Å². The van der Waals surface area contributed by atoms with Crippen LogP contribution in [0.4, 0.5) is 0 Å². The van der Waals surface area contributed by atoms with E-state index in [1.807, 2.05) is 42.6 Å². The highest BCUT2D eigenvalue weighted by Gasteiger charge is 2.11. The molecule has 1 heterocycles. The summed E-state index contributed by atoms with van der Waals surface area (Å²) in [7, 11) is 1.59. The van der Waals surface area contributed by atoms with Gasteiger partial charge < -0.3 is 10.1 Å². The Morgan fingerprint density at radius 3 is 2.79 bits per heavy atom. The molecule has 2 aromatic carbocycles. The summed E-state index contributed by atoms with van der Waals surface area (Å²) < 4.78 is 5.16. The van der Waals surface area contributed by atoms with E-state index in [2.05, 4.69) is 10.3 Å². The van der Waals surface area contributed by atoms with Gasteiger partial charge in [0, 0.05) is 28.7 Å². The van der Waals surface area contributed by atoms with Gasteiger partial charge in [-0.1, -0.05) is 30.3 Å². The SMILES string of the molecule is COc1cccc(C(=O)NCc2ccccc2-c2nc(C)cs2)c1. The van der Waals surface area contributed by atoms with Crippen molar-refractivity contribution < 1.29 is 9.53 Å². The molecule has 0 aliphatic carbocycles. The van der Waals surface area contributed by atoms with E-state index in [0.717, 1.165) is 21.8 Å². The van der Waals surface area contributed by atoms with E-state index in [1.54, 1.807) is 36.6 Å². The number of aryl methyl sites for hydroxylation is 1. The van der Waals surface area contributed by atoms with Crippen LogP contribution in [-0.2, 0) is 6.54 Å². The minimum absolute atomic E-state index is 0.126. The molecule has 0 saturated heterocycles. The van der Waals surface area contributed by atoms with Crippen molar-refractivity contribution >= 4 is 17.2 Å². The zero-order valence-corrected chi connectivity index (χ0v) is 14.4. The van der Waals surface area contributed by atoms with Crippen molar-refractivity contribution in [3.8, 4) is 16.3 Å². The number of carbonyl (C=O) groups excluding carboxylic acids is 1. The number of benzene rings is 2. The minimum Gasteiger partial charge on any atom is -0.497 e. The number of hydrogen-bond acceptors (Lipinski definition) is 4. The predicted octanol–water partition coefficient (Wildman–Crippen LogP) is 4.06. The van der Waals surface area contributed by atoms with E-state index in [1.165, 1.54) is 0 Å². The van der Waals surface area contributed by atoms with E-state index < -0.39 is 0 Å².